The van der Waals surface area contributed by atoms with E-state index in [1.807, 2.05) is 18.2 Å². The number of halogens is 1. The highest BCUT2D eigenvalue weighted by atomic mass is 79.9. The third-order valence-corrected chi connectivity index (χ3v) is 4.72. The van der Waals surface area contributed by atoms with E-state index in [-0.39, 0.29) is 5.56 Å². The van der Waals surface area contributed by atoms with Crippen molar-refractivity contribution in [3.8, 4) is 34.5 Å². The maximum absolute atomic E-state index is 12.6. The van der Waals surface area contributed by atoms with Crippen LogP contribution in [0.3, 0.4) is 0 Å². The number of nitrogens with one attached hydrogen (secondary N) is 1. The molecule has 2 aromatic carbocycles. The van der Waals surface area contributed by atoms with Crippen LogP contribution in [0.5, 0.6) is 23.1 Å². The topological polar surface area (TPSA) is 73.4 Å². The van der Waals surface area contributed by atoms with Crippen molar-refractivity contribution >= 4 is 15.9 Å². The van der Waals surface area contributed by atoms with Crippen LogP contribution < -0.4 is 19.8 Å². The Morgan fingerprint density at radius 3 is 2.69 bits per heavy atom. The summed E-state index contributed by atoms with van der Waals surface area (Å²) in [7, 11) is 3.13. The molecule has 4 rings (SSSR count). The first-order valence-electron chi connectivity index (χ1n) is 7.91. The zero-order valence-electron chi connectivity index (χ0n) is 14.1. The molecule has 0 bridgehead atoms. The fourth-order valence-corrected chi connectivity index (χ4v) is 3.33. The number of methoxy groups -OCH3 is 2. The summed E-state index contributed by atoms with van der Waals surface area (Å²) in [5.41, 5.74) is 1.94. The molecule has 0 aliphatic carbocycles. The number of H-pyrrole nitrogens is 1. The van der Waals surface area contributed by atoms with Crippen molar-refractivity contribution in [1.82, 2.24) is 9.97 Å². The first-order valence-corrected chi connectivity index (χ1v) is 8.70. The van der Waals surface area contributed by atoms with Gasteiger partial charge in [-0.15, -0.1) is 0 Å². The summed E-state index contributed by atoms with van der Waals surface area (Å²) in [5.74, 6) is 2.61. The van der Waals surface area contributed by atoms with Crippen LogP contribution >= 0.6 is 15.9 Å². The molecule has 3 aromatic rings. The molecule has 1 aliphatic heterocycles. The van der Waals surface area contributed by atoms with Gasteiger partial charge in [0, 0.05) is 22.0 Å². The number of rotatable bonds is 3. The summed E-state index contributed by atoms with van der Waals surface area (Å²) < 4.78 is 17.4. The van der Waals surface area contributed by atoms with Crippen molar-refractivity contribution < 1.29 is 14.2 Å². The number of aromatic nitrogens is 2. The molecule has 132 valence electrons. The van der Waals surface area contributed by atoms with Crippen LogP contribution in [0.15, 0.2) is 45.7 Å². The van der Waals surface area contributed by atoms with E-state index in [0.717, 1.165) is 10.0 Å². The maximum Gasteiger partial charge on any atom is 0.258 e. The number of aromatic amines is 1. The number of ether oxygens (including phenoxy) is 3. The van der Waals surface area contributed by atoms with E-state index in [2.05, 4.69) is 25.9 Å². The monoisotopic (exact) mass is 414 g/mol. The zero-order chi connectivity index (χ0) is 18.3. The first kappa shape index (κ1) is 16.7. The molecule has 7 heteroatoms. The Morgan fingerprint density at radius 1 is 1.12 bits per heavy atom. The van der Waals surface area contributed by atoms with Gasteiger partial charge < -0.3 is 19.2 Å². The molecule has 0 saturated heterocycles. The molecule has 0 fully saturated rings. The summed E-state index contributed by atoms with van der Waals surface area (Å²) in [6.07, 6.45) is 0.471. The second-order valence-electron chi connectivity index (χ2n) is 5.80. The van der Waals surface area contributed by atoms with Crippen LogP contribution in [0.4, 0.5) is 0 Å². The van der Waals surface area contributed by atoms with E-state index in [1.165, 1.54) is 0 Å². The average molecular weight is 415 g/mol. The average Bonchev–Trinajstić information content (AvgIpc) is 2.66. The van der Waals surface area contributed by atoms with Crippen molar-refractivity contribution in [3.05, 3.63) is 62.4 Å². The lowest BCUT2D eigenvalue weighted by Crippen LogP contribution is -2.20. The van der Waals surface area contributed by atoms with E-state index in [4.69, 9.17) is 14.2 Å². The maximum atomic E-state index is 12.6. The predicted octanol–water partition coefficient (Wildman–Crippen LogP) is 3.91. The van der Waals surface area contributed by atoms with E-state index in [0.29, 0.717) is 46.5 Å². The number of fused-ring (bicyclic) bond motifs is 2. The molecular weight excluding hydrogens is 400 g/mol. The van der Waals surface area contributed by atoms with Gasteiger partial charge in [0.1, 0.15) is 11.6 Å². The molecule has 1 aliphatic rings. The summed E-state index contributed by atoms with van der Waals surface area (Å²) in [6, 6.07) is 11.0. The van der Waals surface area contributed by atoms with Crippen LogP contribution in [-0.2, 0) is 6.42 Å². The van der Waals surface area contributed by atoms with Gasteiger partial charge in [-0.05, 0) is 36.4 Å². The Labute approximate surface area is 157 Å². The third-order valence-electron chi connectivity index (χ3n) is 4.23. The molecule has 6 nitrogen and oxygen atoms in total. The molecule has 2 heterocycles. The van der Waals surface area contributed by atoms with Crippen LogP contribution in [0.2, 0.25) is 0 Å². The molecule has 0 spiro atoms. The van der Waals surface area contributed by atoms with E-state index < -0.39 is 0 Å². The number of hydrogen-bond acceptors (Lipinski definition) is 5. The largest absolute Gasteiger partial charge is 0.493 e. The predicted molar refractivity (Wildman–Crippen MR) is 100 cm³/mol. The van der Waals surface area contributed by atoms with Crippen LogP contribution in [-0.4, -0.2) is 24.2 Å². The van der Waals surface area contributed by atoms with Gasteiger partial charge in [0.05, 0.1) is 19.8 Å². The van der Waals surface area contributed by atoms with E-state index in [1.54, 1.807) is 32.4 Å². The Bertz CT molecular complexity index is 1060. The highest BCUT2D eigenvalue weighted by Crippen LogP contribution is 2.36. The highest BCUT2D eigenvalue weighted by Gasteiger charge is 2.23. The van der Waals surface area contributed by atoms with Gasteiger partial charge in [-0.25, -0.2) is 0 Å². The highest BCUT2D eigenvalue weighted by molar-refractivity contribution is 9.10. The number of nitrogens with zero attached hydrogens (tertiary/aromatic N) is 1. The molecule has 0 radical (unpaired) electrons. The van der Waals surface area contributed by atoms with Gasteiger partial charge in [-0.3, -0.25) is 4.79 Å². The molecular formula is C19H15BrN2O4. The van der Waals surface area contributed by atoms with Crippen LogP contribution in [0, 0.1) is 0 Å². The Hall–Kier alpha value is -2.80. The third kappa shape index (κ3) is 2.84. The summed E-state index contributed by atoms with van der Waals surface area (Å²) in [6.45, 7) is 0. The zero-order valence-corrected chi connectivity index (χ0v) is 15.7. The lowest BCUT2D eigenvalue weighted by atomic mass is 10.0. The van der Waals surface area contributed by atoms with Gasteiger partial charge in [0.2, 0.25) is 5.88 Å². The minimum Gasteiger partial charge on any atom is -0.493 e. The second kappa shape index (κ2) is 6.49. The summed E-state index contributed by atoms with van der Waals surface area (Å²) in [4.78, 5) is 19.9. The van der Waals surface area contributed by atoms with Crippen molar-refractivity contribution in [2.24, 2.45) is 0 Å². The van der Waals surface area contributed by atoms with Gasteiger partial charge in [-0.2, -0.15) is 4.98 Å². The van der Waals surface area contributed by atoms with E-state index in [9.17, 15) is 4.79 Å². The Kier molecular flexibility index (Phi) is 4.16. The van der Waals surface area contributed by atoms with Gasteiger partial charge in [0.25, 0.3) is 5.56 Å². The second-order valence-corrected chi connectivity index (χ2v) is 6.71. The SMILES string of the molecule is COc1ccc(-c2nc3c(c(=O)[nH]2)Cc2cc(Br)ccc2O3)cc1OC. The van der Waals surface area contributed by atoms with Crippen molar-refractivity contribution in [3.63, 3.8) is 0 Å². The molecule has 0 amide bonds. The molecule has 0 saturated carbocycles. The fraction of sp³-hybridized carbons (Fsp3) is 0.158. The molecule has 1 N–H and O–H groups in total. The standard InChI is InChI=1S/C19H15BrN2O4/c1-24-15-5-3-10(9-16(15)25-2)17-21-18(23)13-8-11-7-12(20)4-6-14(11)26-19(13)22-17/h3-7,9H,8H2,1-2H3,(H,21,22,23). The van der Waals surface area contributed by atoms with Crippen molar-refractivity contribution in [2.45, 2.75) is 6.42 Å². The minimum absolute atomic E-state index is 0.217. The van der Waals surface area contributed by atoms with Crippen molar-refractivity contribution in [1.29, 1.82) is 0 Å². The first-order chi connectivity index (χ1) is 12.6. The van der Waals surface area contributed by atoms with Gasteiger partial charge >= 0.3 is 0 Å². The normalized spacial score (nSPS) is 12.0. The lowest BCUT2D eigenvalue weighted by molar-refractivity contribution is 0.355. The Morgan fingerprint density at radius 2 is 1.92 bits per heavy atom. The van der Waals surface area contributed by atoms with Gasteiger partial charge in [0.15, 0.2) is 11.5 Å². The number of benzene rings is 2. The molecule has 0 unspecified atom stereocenters. The van der Waals surface area contributed by atoms with Crippen molar-refractivity contribution in [2.75, 3.05) is 14.2 Å². The smallest absolute Gasteiger partial charge is 0.258 e. The fourth-order valence-electron chi connectivity index (χ4n) is 2.92. The molecule has 1 aromatic heterocycles. The minimum atomic E-state index is -0.217. The molecule has 0 atom stereocenters. The van der Waals surface area contributed by atoms with Gasteiger partial charge in [-0.1, -0.05) is 15.9 Å². The van der Waals surface area contributed by atoms with Crippen LogP contribution in [0.25, 0.3) is 11.4 Å². The quantitative estimate of drug-likeness (QED) is 0.549. The summed E-state index contributed by atoms with van der Waals surface area (Å²) in [5, 5.41) is 0. The number of hydrogen-bond donors (Lipinski definition) is 1. The Balaban J connectivity index is 1.78. The lowest BCUT2D eigenvalue weighted by Gasteiger charge is -2.19. The van der Waals surface area contributed by atoms with Crippen LogP contribution in [0.1, 0.15) is 11.1 Å². The summed E-state index contributed by atoms with van der Waals surface area (Å²) >= 11 is 3.44. The molecule has 26 heavy (non-hydrogen) atoms. The van der Waals surface area contributed by atoms with E-state index >= 15 is 0 Å².